The van der Waals surface area contributed by atoms with Crippen LogP contribution in [0, 0.1) is 17.8 Å². The highest BCUT2D eigenvalue weighted by Crippen LogP contribution is 2.55. The van der Waals surface area contributed by atoms with Gasteiger partial charge in [-0.05, 0) is 36.7 Å². The molecule has 0 radical (unpaired) electrons. The second-order valence-corrected chi connectivity index (χ2v) is 7.23. The molecule has 1 fully saturated rings. The average Bonchev–Trinajstić information content (AvgIpc) is 2.28. The summed E-state index contributed by atoms with van der Waals surface area (Å²) in [6.07, 6.45) is 7.77. The maximum Gasteiger partial charge on any atom is 0.507 e. The van der Waals surface area contributed by atoms with Crippen LogP contribution in [-0.4, -0.2) is 12.3 Å². The van der Waals surface area contributed by atoms with Gasteiger partial charge in [0.2, 0.25) is 0 Å². The molecule has 18 heavy (non-hydrogen) atoms. The van der Waals surface area contributed by atoms with Crippen molar-refractivity contribution in [1.82, 2.24) is 0 Å². The van der Waals surface area contributed by atoms with Crippen LogP contribution in [0.3, 0.4) is 0 Å². The van der Waals surface area contributed by atoms with Gasteiger partial charge in [0.05, 0.1) is 12.4 Å². The molecule has 0 spiro atoms. The molecule has 1 aliphatic carbocycles. The SMILES string of the molecule is CC1CCC(C(C)C)C(OP2(=O)N=CC=CO2)C1. The Kier molecular flexibility index (Phi) is 4.29. The molecule has 0 aromatic rings. The van der Waals surface area contributed by atoms with E-state index in [2.05, 4.69) is 25.5 Å². The number of allylic oxidation sites excluding steroid dienone is 1. The first-order chi connectivity index (χ1) is 8.50. The van der Waals surface area contributed by atoms with Gasteiger partial charge in [0.25, 0.3) is 0 Å². The first-order valence-electron chi connectivity index (χ1n) is 6.68. The van der Waals surface area contributed by atoms with Gasteiger partial charge in [-0.2, -0.15) is 4.76 Å². The van der Waals surface area contributed by atoms with E-state index in [1.165, 1.54) is 18.9 Å². The molecule has 1 heterocycles. The van der Waals surface area contributed by atoms with Gasteiger partial charge in [-0.25, -0.2) is 4.57 Å². The molecule has 0 bridgehead atoms. The molecule has 2 aliphatic rings. The minimum atomic E-state index is -3.30. The van der Waals surface area contributed by atoms with E-state index in [1.54, 1.807) is 6.08 Å². The first kappa shape index (κ1) is 13.8. The van der Waals surface area contributed by atoms with Crippen LogP contribution in [0.1, 0.15) is 40.0 Å². The van der Waals surface area contributed by atoms with Crippen LogP contribution < -0.4 is 0 Å². The van der Waals surface area contributed by atoms with E-state index in [1.807, 2.05) is 0 Å². The van der Waals surface area contributed by atoms with Crippen molar-refractivity contribution in [2.75, 3.05) is 0 Å². The number of nitrogens with zero attached hydrogens (tertiary/aromatic N) is 1. The van der Waals surface area contributed by atoms with E-state index < -0.39 is 7.75 Å². The molecule has 102 valence electrons. The number of hydrogen-bond donors (Lipinski definition) is 0. The van der Waals surface area contributed by atoms with Gasteiger partial charge in [0.1, 0.15) is 0 Å². The molecule has 1 saturated carbocycles. The molecule has 0 aromatic carbocycles. The average molecular weight is 271 g/mol. The van der Waals surface area contributed by atoms with Gasteiger partial charge in [0.15, 0.2) is 0 Å². The lowest BCUT2D eigenvalue weighted by atomic mass is 9.75. The molecule has 4 nitrogen and oxygen atoms in total. The number of hydrogen-bond acceptors (Lipinski definition) is 3. The van der Waals surface area contributed by atoms with E-state index in [4.69, 9.17) is 9.05 Å². The summed E-state index contributed by atoms with van der Waals surface area (Å²) in [7, 11) is -3.30. The summed E-state index contributed by atoms with van der Waals surface area (Å²) in [5, 5.41) is 0. The van der Waals surface area contributed by atoms with Crippen molar-refractivity contribution in [3.8, 4) is 0 Å². The summed E-state index contributed by atoms with van der Waals surface area (Å²) >= 11 is 0. The van der Waals surface area contributed by atoms with E-state index in [0.29, 0.717) is 17.8 Å². The van der Waals surface area contributed by atoms with E-state index in [-0.39, 0.29) is 6.10 Å². The fourth-order valence-corrected chi connectivity index (χ4v) is 3.96. The standard InChI is InChI=1S/C13H22NO3P/c1-10(2)12-6-5-11(3)9-13(12)17-18(15)14-7-4-8-16-18/h4,7-8,10-13H,5-6,9H2,1-3H3. The smallest absolute Gasteiger partial charge is 0.416 e. The second kappa shape index (κ2) is 5.58. The van der Waals surface area contributed by atoms with Gasteiger partial charge in [-0.15, -0.1) is 0 Å². The Morgan fingerprint density at radius 3 is 2.83 bits per heavy atom. The van der Waals surface area contributed by atoms with Gasteiger partial charge >= 0.3 is 7.75 Å². The van der Waals surface area contributed by atoms with Crippen LogP contribution in [0.15, 0.2) is 17.1 Å². The normalized spacial score (nSPS) is 39.9. The predicted octanol–water partition coefficient (Wildman–Crippen LogP) is 4.19. The summed E-state index contributed by atoms with van der Waals surface area (Å²) in [5.41, 5.74) is 0. The van der Waals surface area contributed by atoms with E-state index >= 15 is 0 Å². The van der Waals surface area contributed by atoms with Gasteiger partial charge in [-0.3, -0.25) is 4.52 Å². The second-order valence-electron chi connectivity index (χ2n) is 5.64. The molecule has 2 rings (SSSR count). The van der Waals surface area contributed by atoms with Crippen molar-refractivity contribution in [2.45, 2.75) is 46.1 Å². The maximum absolute atomic E-state index is 12.3. The van der Waals surface area contributed by atoms with E-state index in [0.717, 1.165) is 12.8 Å². The minimum absolute atomic E-state index is 0.0109. The van der Waals surface area contributed by atoms with Crippen molar-refractivity contribution >= 4 is 14.0 Å². The first-order valence-corrected chi connectivity index (χ1v) is 8.17. The zero-order valence-corrected chi connectivity index (χ0v) is 12.2. The van der Waals surface area contributed by atoms with Crippen molar-refractivity contribution in [1.29, 1.82) is 0 Å². The molecule has 0 N–H and O–H groups in total. The zero-order chi connectivity index (χ0) is 13.2. The third-order valence-corrected chi connectivity index (χ3v) is 5.14. The third-order valence-electron chi connectivity index (χ3n) is 3.80. The monoisotopic (exact) mass is 271 g/mol. The van der Waals surface area contributed by atoms with Crippen molar-refractivity contribution < 1.29 is 13.6 Å². The fourth-order valence-electron chi connectivity index (χ4n) is 2.75. The van der Waals surface area contributed by atoms with E-state index in [9.17, 15) is 4.57 Å². The summed E-state index contributed by atoms with van der Waals surface area (Å²) in [6, 6.07) is 0. The molecule has 1 aliphatic heterocycles. The zero-order valence-electron chi connectivity index (χ0n) is 11.3. The van der Waals surface area contributed by atoms with Crippen LogP contribution in [0.5, 0.6) is 0 Å². The molecule has 4 unspecified atom stereocenters. The Labute approximate surface area is 109 Å². The van der Waals surface area contributed by atoms with Crippen LogP contribution in [-0.2, 0) is 13.6 Å². The Hall–Kier alpha value is -0.600. The molecule has 0 aromatic heterocycles. The van der Waals surface area contributed by atoms with Gasteiger partial charge in [-0.1, -0.05) is 27.2 Å². The van der Waals surface area contributed by atoms with Crippen LogP contribution in [0.4, 0.5) is 0 Å². The highest BCUT2D eigenvalue weighted by molar-refractivity contribution is 7.52. The molecule has 0 amide bonds. The molecular weight excluding hydrogens is 249 g/mol. The maximum atomic E-state index is 12.3. The minimum Gasteiger partial charge on any atom is -0.416 e. The largest absolute Gasteiger partial charge is 0.507 e. The Bertz CT molecular complexity index is 392. The Morgan fingerprint density at radius 1 is 1.44 bits per heavy atom. The summed E-state index contributed by atoms with van der Waals surface area (Å²) < 4.78 is 27.0. The molecule has 5 heteroatoms. The van der Waals surface area contributed by atoms with Crippen LogP contribution in [0.25, 0.3) is 0 Å². The lowest BCUT2D eigenvalue weighted by Gasteiger charge is -2.37. The van der Waals surface area contributed by atoms with Crippen LogP contribution in [0.2, 0.25) is 0 Å². The summed E-state index contributed by atoms with van der Waals surface area (Å²) in [5.74, 6) is 1.58. The van der Waals surface area contributed by atoms with Crippen molar-refractivity contribution in [3.05, 3.63) is 12.3 Å². The van der Waals surface area contributed by atoms with Crippen molar-refractivity contribution in [3.63, 3.8) is 0 Å². The highest BCUT2D eigenvalue weighted by atomic mass is 31.2. The topological polar surface area (TPSA) is 47.9 Å². The molecule has 0 saturated heterocycles. The highest BCUT2D eigenvalue weighted by Gasteiger charge is 2.38. The molecule has 4 atom stereocenters. The Morgan fingerprint density at radius 2 is 2.22 bits per heavy atom. The Balaban J connectivity index is 2.07. The quantitative estimate of drug-likeness (QED) is 0.723. The van der Waals surface area contributed by atoms with Crippen molar-refractivity contribution in [2.24, 2.45) is 22.5 Å². The summed E-state index contributed by atoms with van der Waals surface area (Å²) in [4.78, 5) is 0. The fraction of sp³-hybridized carbons (Fsp3) is 0.769. The van der Waals surface area contributed by atoms with Gasteiger partial charge in [0, 0.05) is 6.21 Å². The lowest BCUT2D eigenvalue weighted by Crippen LogP contribution is -2.33. The number of rotatable bonds is 3. The predicted molar refractivity (Wildman–Crippen MR) is 72.5 cm³/mol. The van der Waals surface area contributed by atoms with Crippen LogP contribution >= 0.6 is 7.75 Å². The molecular formula is C13H22NO3P. The van der Waals surface area contributed by atoms with Gasteiger partial charge < -0.3 is 4.52 Å². The lowest BCUT2D eigenvalue weighted by molar-refractivity contribution is 0.0367. The summed E-state index contributed by atoms with van der Waals surface area (Å²) in [6.45, 7) is 6.60. The third kappa shape index (κ3) is 3.24.